The Kier molecular flexibility index (Phi) is 5.44. The standard InChI is InChI=1S/C12H15BrO4/c1-8-6-9(13)7-10(12(14)15)11(8)17-5-3-4-16-2/h6-7H,3-5H2,1-2H3,(H,14,15). The predicted octanol–water partition coefficient (Wildman–Crippen LogP) is 2.87. The molecule has 0 radical (unpaired) electrons. The molecule has 0 atom stereocenters. The van der Waals surface area contributed by atoms with Gasteiger partial charge in [0.15, 0.2) is 0 Å². The van der Waals surface area contributed by atoms with E-state index in [0.29, 0.717) is 19.0 Å². The highest BCUT2D eigenvalue weighted by molar-refractivity contribution is 9.10. The summed E-state index contributed by atoms with van der Waals surface area (Å²) in [4.78, 5) is 11.1. The zero-order chi connectivity index (χ0) is 12.8. The van der Waals surface area contributed by atoms with Crippen molar-refractivity contribution in [2.75, 3.05) is 20.3 Å². The second-order valence-electron chi connectivity index (χ2n) is 3.60. The quantitative estimate of drug-likeness (QED) is 0.821. The Bertz CT molecular complexity index is 404. The summed E-state index contributed by atoms with van der Waals surface area (Å²) in [7, 11) is 1.62. The Labute approximate surface area is 109 Å². The predicted molar refractivity (Wildman–Crippen MR) is 67.8 cm³/mol. The lowest BCUT2D eigenvalue weighted by molar-refractivity contribution is 0.0691. The number of aromatic carboxylic acids is 1. The first-order valence-electron chi connectivity index (χ1n) is 5.21. The van der Waals surface area contributed by atoms with Crippen LogP contribution in [0.25, 0.3) is 0 Å². The number of halogens is 1. The number of ether oxygens (including phenoxy) is 2. The smallest absolute Gasteiger partial charge is 0.339 e. The molecule has 0 amide bonds. The van der Waals surface area contributed by atoms with Crippen molar-refractivity contribution in [3.8, 4) is 5.75 Å². The second kappa shape index (κ2) is 6.61. The molecule has 0 saturated heterocycles. The highest BCUT2D eigenvalue weighted by Gasteiger charge is 2.14. The molecule has 0 saturated carbocycles. The molecule has 0 aromatic heterocycles. The van der Waals surface area contributed by atoms with Gasteiger partial charge in [-0.05, 0) is 24.6 Å². The zero-order valence-electron chi connectivity index (χ0n) is 9.83. The number of benzene rings is 1. The molecule has 5 heteroatoms. The van der Waals surface area contributed by atoms with E-state index >= 15 is 0 Å². The molecule has 0 fully saturated rings. The molecule has 0 aliphatic carbocycles. The van der Waals surface area contributed by atoms with E-state index in [1.165, 1.54) is 0 Å². The fourth-order valence-corrected chi connectivity index (χ4v) is 2.03. The first kappa shape index (κ1) is 14.0. The fraction of sp³-hybridized carbons (Fsp3) is 0.417. The summed E-state index contributed by atoms with van der Waals surface area (Å²) in [6.45, 7) is 2.86. The average molecular weight is 303 g/mol. The van der Waals surface area contributed by atoms with Crippen LogP contribution in [-0.2, 0) is 4.74 Å². The van der Waals surface area contributed by atoms with Crippen LogP contribution in [0.1, 0.15) is 22.3 Å². The van der Waals surface area contributed by atoms with E-state index in [9.17, 15) is 4.79 Å². The van der Waals surface area contributed by atoms with Crippen LogP contribution in [-0.4, -0.2) is 31.4 Å². The van der Waals surface area contributed by atoms with Gasteiger partial charge >= 0.3 is 5.97 Å². The summed E-state index contributed by atoms with van der Waals surface area (Å²) in [6.07, 6.45) is 0.727. The van der Waals surface area contributed by atoms with Gasteiger partial charge in [-0.25, -0.2) is 4.79 Å². The van der Waals surface area contributed by atoms with E-state index in [1.807, 2.05) is 13.0 Å². The van der Waals surface area contributed by atoms with Gasteiger partial charge in [-0.2, -0.15) is 0 Å². The first-order chi connectivity index (χ1) is 8.06. The Morgan fingerprint density at radius 1 is 1.41 bits per heavy atom. The number of methoxy groups -OCH3 is 1. The number of carbonyl (C=O) groups is 1. The highest BCUT2D eigenvalue weighted by Crippen LogP contribution is 2.28. The number of aryl methyl sites for hydroxylation is 1. The summed E-state index contributed by atoms with van der Waals surface area (Å²) >= 11 is 3.27. The van der Waals surface area contributed by atoms with Gasteiger partial charge in [-0.15, -0.1) is 0 Å². The van der Waals surface area contributed by atoms with Crippen molar-refractivity contribution in [3.05, 3.63) is 27.7 Å². The Morgan fingerprint density at radius 2 is 2.12 bits per heavy atom. The molecule has 0 unspecified atom stereocenters. The minimum absolute atomic E-state index is 0.175. The van der Waals surface area contributed by atoms with Gasteiger partial charge in [0.2, 0.25) is 0 Å². The van der Waals surface area contributed by atoms with Crippen molar-refractivity contribution in [2.24, 2.45) is 0 Å². The fourth-order valence-electron chi connectivity index (χ4n) is 1.46. The van der Waals surface area contributed by atoms with Crippen molar-refractivity contribution in [3.63, 3.8) is 0 Å². The molecular formula is C12H15BrO4. The average Bonchev–Trinajstić information content (AvgIpc) is 2.25. The van der Waals surface area contributed by atoms with E-state index in [-0.39, 0.29) is 5.56 Å². The van der Waals surface area contributed by atoms with Crippen molar-refractivity contribution >= 4 is 21.9 Å². The molecule has 0 heterocycles. The maximum atomic E-state index is 11.1. The summed E-state index contributed by atoms with van der Waals surface area (Å²) in [5.41, 5.74) is 0.975. The number of hydrogen-bond acceptors (Lipinski definition) is 3. The third-order valence-electron chi connectivity index (χ3n) is 2.21. The van der Waals surface area contributed by atoms with Crippen molar-refractivity contribution in [2.45, 2.75) is 13.3 Å². The summed E-state index contributed by atoms with van der Waals surface area (Å²) < 4.78 is 11.1. The first-order valence-corrected chi connectivity index (χ1v) is 6.00. The molecule has 0 bridgehead atoms. The van der Waals surface area contributed by atoms with Gasteiger partial charge < -0.3 is 14.6 Å². The number of carboxylic acid groups (broad SMARTS) is 1. The van der Waals surface area contributed by atoms with Crippen LogP contribution >= 0.6 is 15.9 Å². The van der Waals surface area contributed by atoms with Crippen LogP contribution < -0.4 is 4.74 Å². The van der Waals surface area contributed by atoms with Crippen LogP contribution in [0, 0.1) is 6.92 Å². The number of carboxylic acids is 1. The van der Waals surface area contributed by atoms with E-state index in [4.69, 9.17) is 14.6 Å². The lowest BCUT2D eigenvalue weighted by Crippen LogP contribution is -2.07. The van der Waals surface area contributed by atoms with E-state index in [1.54, 1.807) is 13.2 Å². The van der Waals surface area contributed by atoms with Crippen molar-refractivity contribution < 1.29 is 19.4 Å². The number of hydrogen-bond donors (Lipinski definition) is 1. The van der Waals surface area contributed by atoms with Crippen LogP contribution in [0.3, 0.4) is 0 Å². The molecule has 1 aromatic rings. The van der Waals surface area contributed by atoms with E-state index in [0.717, 1.165) is 16.5 Å². The Balaban J connectivity index is 2.85. The van der Waals surface area contributed by atoms with Gasteiger partial charge in [0, 0.05) is 24.6 Å². The molecule has 17 heavy (non-hydrogen) atoms. The molecule has 0 spiro atoms. The molecule has 1 N–H and O–H groups in total. The number of rotatable bonds is 6. The lowest BCUT2D eigenvalue weighted by Gasteiger charge is -2.12. The minimum Gasteiger partial charge on any atom is -0.492 e. The van der Waals surface area contributed by atoms with Gasteiger partial charge in [-0.3, -0.25) is 0 Å². The lowest BCUT2D eigenvalue weighted by atomic mass is 10.1. The topological polar surface area (TPSA) is 55.8 Å². The van der Waals surface area contributed by atoms with Crippen LogP contribution in [0.4, 0.5) is 0 Å². The SMILES string of the molecule is COCCCOc1c(C)cc(Br)cc1C(=O)O. The van der Waals surface area contributed by atoms with Crippen LogP contribution in [0.5, 0.6) is 5.75 Å². The third kappa shape index (κ3) is 4.02. The van der Waals surface area contributed by atoms with Crippen molar-refractivity contribution in [1.82, 2.24) is 0 Å². The maximum Gasteiger partial charge on any atom is 0.339 e. The van der Waals surface area contributed by atoms with Gasteiger partial charge in [0.1, 0.15) is 11.3 Å². The molecule has 0 aliphatic heterocycles. The minimum atomic E-state index is -0.990. The van der Waals surface area contributed by atoms with Gasteiger partial charge in [0.25, 0.3) is 0 Å². The second-order valence-corrected chi connectivity index (χ2v) is 4.52. The summed E-state index contributed by atoms with van der Waals surface area (Å²) in [5.74, 6) is -0.562. The van der Waals surface area contributed by atoms with Crippen LogP contribution in [0.15, 0.2) is 16.6 Å². The maximum absolute atomic E-state index is 11.1. The molecular weight excluding hydrogens is 288 g/mol. The summed E-state index contributed by atoms with van der Waals surface area (Å²) in [6, 6.07) is 3.37. The van der Waals surface area contributed by atoms with Crippen LogP contribution in [0.2, 0.25) is 0 Å². The highest BCUT2D eigenvalue weighted by atomic mass is 79.9. The Hall–Kier alpha value is -1.07. The van der Waals surface area contributed by atoms with E-state index in [2.05, 4.69) is 15.9 Å². The van der Waals surface area contributed by atoms with E-state index < -0.39 is 5.97 Å². The molecule has 1 aromatic carbocycles. The molecule has 94 valence electrons. The largest absolute Gasteiger partial charge is 0.492 e. The monoisotopic (exact) mass is 302 g/mol. The molecule has 1 rings (SSSR count). The molecule has 4 nitrogen and oxygen atoms in total. The van der Waals surface area contributed by atoms with Gasteiger partial charge in [0.05, 0.1) is 6.61 Å². The zero-order valence-corrected chi connectivity index (χ0v) is 11.4. The van der Waals surface area contributed by atoms with Gasteiger partial charge in [-0.1, -0.05) is 15.9 Å². The Morgan fingerprint density at radius 3 is 2.71 bits per heavy atom. The normalized spacial score (nSPS) is 10.3. The molecule has 0 aliphatic rings. The van der Waals surface area contributed by atoms with Crippen molar-refractivity contribution in [1.29, 1.82) is 0 Å². The summed E-state index contributed by atoms with van der Waals surface area (Å²) in [5, 5.41) is 9.09. The third-order valence-corrected chi connectivity index (χ3v) is 2.67.